The minimum absolute atomic E-state index is 0. The van der Waals surface area contributed by atoms with E-state index in [0.717, 1.165) is 30.2 Å². The van der Waals surface area contributed by atoms with E-state index in [1.807, 2.05) is 24.3 Å². The molecule has 1 heterocycles. The number of aryl methyl sites for hydroxylation is 1. The molecule has 1 unspecified atom stereocenters. The van der Waals surface area contributed by atoms with Crippen molar-refractivity contribution < 1.29 is 9.53 Å². The standard InChI is InChI=1S/C23H30N4O2.HI/c1-4-18-10-12-19(13-11-18)17(2)26-23(24-3)25-14-7-15-27-20-8-5-6-9-21(20)29-16-22(27)28;/h5-6,8-13,17H,4,7,14-16H2,1-3H3,(H2,24,25,26);1H. The van der Waals surface area contributed by atoms with E-state index in [2.05, 4.69) is 53.7 Å². The van der Waals surface area contributed by atoms with Crippen molar-refractivity contribution in [1.82, 2.24) is 10.6 Å². The van der Waals surface area contributed by atoms with E-state index in [1.165, 1.54) is 11.1 Å². The fraction of sp³-hybridized carbons (Fsp3) is 0.391. The molecular formula is C23H31IN4O2. The van der Waals surface area contributed by atoms with E-state index in [9.17, 15) is 4.79 Å². The average Bonchev–Trinajstić information content (AvgIpc) is 2.76. The molecule has 162 valence electrons. The lowest BCUT2D eigenvalue weighted by atomic mass is 10.1. The van der Waals surface area contributed by atoms with Crippen LogP contribution in [0.2, 0.25) is 0 Å². The lowest BCUT2D eigenvalue weighted by Crippen LogP contribution is -2.42. The van der Waals surface area contributed by atoms with Gasteiger partial charge in [-0.25, -0.2) is 0 Å². The van der Waals surface area contributed by atoms with E-state index >= 15 is 0 Å². The first-order valence-electron chi connectivity index (χ1n) is 10.2. The number of aliphatic imine (C=N–C) groups is 1. The predicted octanol–water partition coefficient (Wildman–Crippen LogP) is 3.91. The van der Waals surface area contributed by atoms with Gasteiger partial charge in [0.2, 0.25) is 0 Å². The summed E-state index contributed by atoms with van der Waals surface area (Å²) in [5, 5.41) is 6.76. The van der Waals surface area contributed by atoms with E-state index < -0.39 is 0 Å². The Morgan fingerprint density at radius 3 is 2.63 bits per heavy atom. The molecule has 6 nitrogen and oxygen atoms in total. The lowest BCUT2D eigenvalue weighted by Gasteiger charge is -2.29. The second kappa shape index (κ2) is 11.8. The van der Waals surface area contributed by atoms with E-state index in [1.54, 1.807) is 11.9 Å². The van der Waals surface area contributed by atoms with Crippen LogP contribution in [-0.4, -0.2) is 38.6 Å². The summed E-state index contributed by atoms with van der Waals surface area (Å²) in [6.07, 6.45) is 1.85. The SMILES string of the molecule is CCc1ccc(C(C)NC(=NC)NCCCN2C(=O)COc3ccccc32)cc1.I. The second-order valence-corrected chi connectivity index (χ2v) is 7.12. The van der Waals surface area contributed by atoms with Crippen molar-refractivity contribution in [3.63, 3.8) is 0 Å². The van der Waals surface area contributed by atoms with Crippen molar-refractivity contribution in [3.8, 4) is 5.75 Å². The van der Waals surface area contributed by atoms with Gasteiger partial charge >= 0.3 is 0 Å². The zero-order valence-corrected chi connectivity index (χ0v) is 20.2. The number of guanidine groups is 1. The number of halogens is 1. The van der Waals surface area contributed by atoms with Crippen molar-refractivity contribution in [1.29, 1.82) is 0 Å². The maximum absolute atomic E-state index is 12.2. The van der Waals surface area contributed by atoms with E-state index in [0.29, 0.717) is 13.1 Å². The number of amides is 1. The zero-order chi connectivity index (χ0) is 20.6. The number of hydrogen-bond donors (Lipinski definition) is 2. The van der Waals surface area contributed by atoms with Gasteiger partial charge in [0.25, 0.3) is 5.91 Å². The number of anilines is 1. The molecule has 2 N–H and O–H groups in total. The number of hydrogen-bond acceptors (Lipinski definition) is 3. The molecule has 2 aromatic rings. The number of nitrogens with zero attached hydrogens (tertiary/aromatic N) is 2. The topological polar surface area (TPSA) is 66.0 Å². The third-order valence-electron chi connectivity index (χ3n) is 5.12. The minimum Gasteiger partial charge on any atom is -0.482 e. The van der Waals surface area contributed by atoms with Crippen LogP contribution in [0, 0.1) is 0 Å². The summed E-state index contributed by atoms with van der Waals surface area (Å²) in [5.74, 6) is 1.52. The molecule has 0 radical (unpaired) electrons. The third kappa shape index (κ3) is 6.10. The van der Waals surface area contributed by atoms with Gasteiger partial charge in [-0.05, 0) is 43.0 Å². The van der Waals surface area contributed by atoms with Crippen LogP contribution in [0.4, 0.5) is 5.69 Å². The Morgan fingerprint density at radius 2 is 1.93 bits per heavy atom. The fourth-order valence-corrected chi connectivity index (χ4v) is 3.37. The van der Waals surface area contributed by atoms with Crippen molar-refractivity contribution >= 4 is 41.5 Å². The first-order valence-corrected chi connectivity index (χ1v) is 10.2. The number of fused-ring (bicyclic) bond motifs is 1. The summed E-state index contributed by atoms with van der Waals surface area (Å²) in [7, 11) is 1.77. The molecule has 7 heteroatoms. The quantitative estimate of drug-likeness (QED) is 0.251. The van der Waals surface area contributed by atoms with Crippen molar-refractivity contribution in [2.45, 2.75) is 32.7 Å². The largest absolute Gasteiger partial charge is 0.482 e. The summed E-state index contributed by atoms with van der Waals surface area (Å²) < 4.78 is 5.49. The van der Waals surface area contributed by atoms with Gasteiger partial charge in [-0.3, -0.25) is 9.79 Å². The average molecular weight is 522 g/mol. The molecule has 3 rings (SSSR count). The Morgan fingerprint density at radius 1 is 1.20 bits per heavy atom. The summed E-state index contributed by atoms with van der Waals surface area (Å²) in [6.45, 7) is 5.73. The van der Waals surface area contributed by atoms with Gasteiger partial charge in [-0.2, -0.15) is 0 Å². The van der Waals surface area contributed by atoms with Crippen LogP contribution in [0.5, 0.6) is 5.75 Å². The highest BCUT2D eigenvalue weighted by atomic mass is 127. The number of rotatable bonds is 7. The molecule has 0 aliphatic carbocycles. The summed E-state index contributed by atoms with van der Waals surface area (Å²) in [6, 6.07) is 16.5. The van der Waals surface area contributed by atoms with Gasteiger partial charge in [0.05, 0.1) is 11.7 Å². The second-order valence-electron chi connectivity index (χ2n) is 7.12. The Hall–Kier alpha value is -2.29. The monoisotopic (exact) mass is 522 g/mol. The highest BCUT2D eigenvalue weighted by Gasteiger charge is 2.24. The van der Waals surface area contributed by atoms with Crippen molar-refractivity contribution in [3.05, 3.63) is 59.7 Å². The van der Waals surface area contributed by atoms with Crippen LogP contribution in [-0.2, 0) is 11.2 Å². The number of para-hydroxylation sites is 2. The van der Waals surface area contributed by atoms with Gasteiger partial charge in [0.15, 0.2) is 12.6 Å². The number of carbonyl (C=O) groups is 1. The van der Waals surface area contributed by atoms with Crippen LogP contribution < -0.4 is 20.3 Å². The lowest BCUT2D eigenvalue weighted by molar-refractivity contribution is -0.121. The normalized spacial score (nSPS) is 14.3. The summed E-state index contributed by atoms with van der Waals surface area (Å²) in [4.78, 5) is 18.4. The third-order valence-corrected chi connectivity index (χ3v) is 5.12. The zero-order valence-electron chi connectivity index (χ0n) is 17.9. The van der Waals surface area contributed by atoms with Gasteiger partial charge in [0.1, 0.15) is 5.75 Å². The van der Waals surface area contributed by atoms with Gasteiger partial charge in [-0.1, -0.05) is 43.3 Å². The maximum atomic E-state index is 12.2. The van der Waals surface area contributed by atoms with E-state index in [-0.39, 0.29) is 42.5 Å². The molecule has 0 saturated heterocycles. The smallest absolute Gasteiger partial charge is 0.265 e. The number of carbonyl (C=O) groups excluding carboxylic acids is 1. The summed E-state index contributed by atoms with van der Waals surface area (Å²) in [5.41, 5.74) is 3.40. The van der Waals surface area contributed by atoms with Crippen LogP contribution in [0.25, 0.3) is 0 Å². The van der Waals surface area contributed by atoms with Crippen LogP contribution >= 0.6 is 24.0 Å². The number of benzene rings is 2. The molecule has 0 spiro atoms. The van der Waals surface area contributed by atoms with Gasteiger partial charge in [0, 0.05) is 20.1 Å². The number of nitrogens with one attached hydrogen (secondary N) is 2. The molecule has 0 fully saturated rings. The minimum atomic E-state index is -0.00430. The summed E-state index contributed by atoms with van der Waals surface area (Å²) >= 11 is 0. The highest BCUT2D eigenvalue weighted by Crippen LogP contribution is 2.31. The molecular weight excluding hydrogens is 491 g/mol. The highest BCUT2D eigenvalue weighted by molar-refractivity contribution is 14.0. The molecule has 30 heavy (non-hydrogen) atoms. The van der Waals surface area contributed by atoms with Crippen LogP contribution in [0.15, 0.2) is 53.5 Å². The van der Waals surface area contributed by atoms with Gasteiger partial charge < -0.3 is 20.3 Å². The van der Waals surface area contributed by atoms with Crippen molar-refractivity contribution in [2.24, 2.45) is 4.99 Å². The first-order chi connectivity index (χ1) is 14.1. The molecule has 1 atom stereocenters. The van der Waals surface area contributed by atoms with Crippen LogP contribution in [0.3, 0.4) is 0 Å². The molecule has 1 amide bonds. The Kier molecular flexibility index (Phi) is 9.42. The Bertz CT molecular complexity index is 855. The molecule has 0 aromatic heterocycles. The molecule has 0 bridgehead atoms. The number of ether oxygens (including phenoxy) is 1. The maximum Gasteiger partial charge on any atom is 0.265 e. The fourth-order valence-electron chi connectivity index (χ4n) is 3.37. The molecule has 1 aliphatic heterocycles. The van der Waals surface area contributed by atoms with E-state index in [4.69, 9.17) is 4.74 Å². The first kappa shape index (κ1) is 24.0. The Labute approximate surface area is 196 Å². The molecule has 1 aliphatic rings. The van der Waals surface area contributed by atoms with Crippen molar-refractivity contribution in [2.75, 3.05) is 31.6 Å². The van der Waals surface area contributed by atoms with Crippen LogP contribution in [0.1, 0.15) is 37.4 Å². The predicted molar refractivity (Wildman–Crippen MR) is 133 cm³/mol. The molecule has 2 aromatic carbocycles. The van der Waals surface area contributed by atoms with Gasteiger partial charge in [-0.15, -0.1) is 24.0 Å². The Balaban J connectivity index is 0.00000320. The molecule has 0 saturated carbocycles.